The van der Waals surface area contributed by atoms with Crippen LogP contribution in [0.5, 0.6) is 0 Å². The summed E-state index contributed by atoms with van der Waals surface area (Å²) in [6.45, 7) is 13.2. The summed E-state index contributed by atoms with van der Waals surface area (Å²) < 4.78 is 0. The van der Waals surface area contributed by atoms with Gasteiger partial charge in [-0.2, -0.15) is 0 Å². The Morgan fingerprint density at radius 3 is 2.53 bits per heavy atom. The van der Waals surface area contributed by atoms with Crippen molar-refractivity contribution in [3.8, 4) is 0 Å². The lowest BCUT2D eigenvalue weighted by Crippen LogP contribution is -2.53. The molecule has 1 saturated heterocycles. The van der Waals surface area contributed by atoms with Gasteiger partial charge >= 0.3 is 0 Å². The van der Waals surface area contributed by atoms with Gasteiger partial charge in [-0.1, -0.05) is 0 Å². The second-order valence-corrected chi connectivity index (χ2v) is 6.51. The Bertz CT molecular complexity index is 229. The van der Waals surface area contributed by atoms with Gasteiger partial charge < -0.3 is 5.32 Å². The van der Waals surface area contributed by atoms with Crippen LogP contribution in [0.25, 0.3) is 0 Å². The fourth-order valence-electron chi connectivity index (χ4n) is 2.85. The number of hydrogen-bond donors (Lipinski definition) is 1. The number of nitrogens with one attached hydrogen (secondary N) is 1. The minimum Gasteiger partial charge on any atom is -0.310 e. The van der Waals surface area contributed by atoms with Crippen LogP contribution in [-0.2, 0) is 0 Å². The molecular formula is C13H26N2. The summed E-state index contributed by atoms with van der Waals surface area (Å²) in [5, 5.41) is 3.64. The predicted molar refractivity (Wildman–Crippen MR) is 65.1 cm³/mol. The summed E-state index contributed by atoms with van der Waals surface area (Å²) in [7, 11) is 0. The third kappa shape index (κ3) is 2.54. The molecule has 2 nitrogen and oxygen atoms in total. The molecule has 0 amide bonds. The topological polar surface area (TPSA) is 15.3 Å². The van der Waals surface area contributed by atoms with Crippen LogP contribution >= 0.6 is 0 Å². The van der Waals surface area contributed by atoms with E-state index in [2.05, 4.69) is 37.9 Å². The molecule has 0 unspecified atom stereocenters. The molecule has 88 valence electrons. The molecule has 1 aliphatic heterocycles. The van der Waals surface area contributed by atoms with E-state index in [-0.39, 0.29) is 5.54 Å². The summed E-state index contributed by atoms with van der Waals surface area (Å²) in [5.41, 5.74) is 0.700. The molecule has 2 heteroatoms. The van der Waals surface area contributed by atoms with Crippen LogP contribution < -0.4 is 5.32 Å². The first-order valence-electron chi connectivity index (χ1n) is 6.42. The quantitative estimate of drug-likeness (QED) is 0.752. The van der Waals surface area contributed by atoms with Crippen LogP contribution in [0.1, 0.15) is 47.0 Å². The zero-order chi connectivity index (χ0) is 11.1. The number of nitrogens with zero attached hydrogens (tertiary/aromatic N) is 1. The van der Waals surface area contributed by atoms with Gasteiger partial charge in [-0.05, 0) is 66.0 Å². The first-order chi connectivity index (χ1) is 6.92. The maximum atomic E-state index is 3.64. The molecule has 15 heavy (non-hydrogen) atoms. The fourth-order valence-corrected chi connectivity index (χ4v) is 2.85. The van der Waals surface area contributed by atoms with Crippen LogP contribution in [0.3, 0.4) is 0 Å². The molecule has 0 spiro atoms. The van der Waals surface area contributed by atoms with E-state index in [0.29, 0.717) is 5.54 Å². The van der Waals surface area contributed by atoms with Gasteiger partial charge in [0.2, 0.25) is 0 Å². The summed E-state index contributed by atoms with van der Waals surface area (Å²) in [6, 6.07) is 0. The van der Waals surface area contributed by atoms with E-state index in [1.807, 2.05) is 0 Å². The van der Waals surface area contributed by atoms with E-state index in [9.17, 15) is 0 Å². The molecule has 0 aromatic heterocycles. The normalized spacial score (nSPS) is 28.8. The van der Waals surface area contributed by atoms with Gasteiger partial charge in [-0.25, -0.2) is 0 Å². The van der Waals surface area contributed by atoms with E-state index in [4.69, 9.17) is 0 Å². The van der Waals surface area contributed by atoms with E-state index in [0.717, 1.165) is 5.92 Å². The lowest BCUT2D eigenvalue weighted by Gasteiger charge is -2.41. The molecule has 0 bridgehead atoms. The highest BCUT2D eigenvalue weighted by Crippen LogP contribution is 2.43. The third-order valence-electron chi connectivity index (χ3n) is 4.19. The van der Waals surface area contributed by atoms with Crippen LogP contribution in [0.2, 0.25) is 0 Å². The van der Waals surface area contributed by atoms with Gasteiger partial charge in [0.25, 0.3) is 0 Å². The van der Waals surface area contributed by atoms with Crippen molar-refractivity contribution in [2.24, 2.45) is 5.92 Å². The lowest BCUT2D eigenvalue weighted by molar-refractivity contribution is 0.0831. The summed E-state index contributed by atoms with van der Waals surface area (Å²) in [6.07, 6.45) is 4.17. The molecule has 2 rings (SSSR count). The standard InChI is InChI=1S/C13H26N2/c1-12(2)10-15(9-5-8-14-12)13(3,4)11-6-7-11/h11,14H,5-10H2,1-4H3. The number of hydrogen-bond acceptors (Lipinski definition) is 2. The van der Waals surface area contributed by atoms with E-state index in [1.54, 1.807) is 0 Å². The van der Waals surface area contributed by atoms with Gasteiger partial charge in [0.05, 0.1) is 0 Å². The first-order valence-corrected chi connectivity index (χ1v) is 6.42. The molecular weight excluding hydrogens is 184 g/mol. The average Bonchev–Trinajstić information content (AvgIpc) is 2.89. The maximum absolute atomic E-state index is 3.64. The van der Waals surface area contributed by atoms with Crippen LogP contribution in [0, 0.1) is 5.92 Å². The lowest BCUT2D eigenvalue weighted by atomic mass is 9.93. The molecule has 0 atom stereocenters. The minimum atomic E-state index is 0.280. The number of rotatable bonds is 2. The Labute approximate surface area is 94.4 Å². The highest BCUT2D eigenvalue weighted by atomic mass is 15.2. The largest absolute Gasteiger partial charge is 0.310 e. The van der Waals surface area contributed by atoms with Crippen molar-refractivity contribution < 1.29 is 0 Å². The molecule has 2 aliphatic rings. The van der Waals surface area contributed by atoms with Gasteiger partial charge in [-0.15, -0.1) is 0 Å². The smallest absolute Gasteiger partial charge is 0.0252 e. The molecule has 0 aromatic rings. The van der Waals surface area contributed by atoms with Crippen molar-refractivity contribution in [1.82, 2.24) is 10.2 Å². The zero-order valence-electron chi connectivity index (χ0n) is 10.8. The Balaban J connectivity index is 2.06. The van der Waals surface area contributed by atoms with Crippen molar-refractivity contribution in [3.05, 3.63) is 0 Å². The molecule has 1 N–H and O–H groups in total. The minimum absolute atomic E-state index is 0.280. The van der Waals surface area contributed by atoms with Crippen LogP contribution in [0.15, 0.2) is 0 Å². The van der Waals surface area contributed by atoms with Crippen molar-refractivity contribution in [3.63, 3.8) is 0 Å². The van der Waals surface area contributed by atoms with Gasteiger partial charge in [-0.3, -0.25) is 4.90 Å². The molecule has 2 fully saturated rings. The molecule has 1 aliphatic carbocycles. The van der Waals surface area contributed by atoms with Crippen molar-refractivity contribution in [2.75, 3.05) is 19.6 Å². The monoisotopic (exact) mass is 210 g/mol. The fraction of sp³-hybridized carbons (Fsp3) is 1.00. The molecule has 0 radical (unpaired) electrons. The zero-order valence-corrected chi connectivity index (χ0v) is 10.8. The van der Waals surface area contributed by atoms with Crippen molar-refractivity contribution in [2.45, 2.75) is 58.0 Å². The van der Waals surface area contributed by atoms with Crippen LogP contribution in [0.4, 0.5) is 0 Å². The molecule has 1 saturated carbocycles. The van der Waals surface area contributed by atoms with Crippen molar-refractivity contribution >= 4 is 0 Å². The molecule has 0 aromatic carbocycles. The Morgan fingerprint density at radius 1 is 1.27 bits per heavy atom. The second-order valence-electron chi connectivity index (χ2n) is 6.51. The van der Waals surface area contributed by atoms with Crippen molar-refractivity contribution in [1.29, 1.82) is 0 Å². The van der Waals surface area contributed by atoms with Gasteiger partial charge in [0.1, 0.15) is 0 Å². The van der Waals surface area contributed by atoms with Crippen LogP contribution in [-0.4, -0.2) is 35.6 Å². The first kappa shape index (κ1) is 11.4. The third-order valence-corrected chi connectivity index (χ3v) is 4.19. The summed E-state index contributed by atoms with van der Waals surface area (Å²) in [5.74, 6) is 0.950. The van der Waals surface area contributed by atoms with Gasteiger partial charge in [0.15, 0.2) is 0 Å². The maximum Gasteiger partial charge on any atom is 0.0252 e. The second kappa shape index (κ2) is 3.74. The SMILES string of the molecule is CC1(C)CN(C(C)(C)C2CC2)CCCN1. The highest BCUT2D eigenvalue weighted by molar-refractivity contribution is 4.99. The highest BCUT2D eigenvalue weighted by Gasteiger charge is 2.43. The Morgan fingerprint density at radius 2 is 1.93 bits per heavy atom. The summed E-state index contributed by atoms with van der Waals surface area (Å²) in [4.78, 5) is 2.71. The molecule has 1 heterocycles. The predicted octanol–water partition coefficient (Wildman–Crippen LogP) is 2.25. The Kier molecular flexibility index (Phi) is 2.85. The Hall–Kier alpha value is -0.0800. The van der Waals surface area contributed by atoms with E-state index >= 15 is 0 Å². The van der Waals surface area contributed by atoms with E-state index in [1.165, 1.54) is 38.9 Å². The van der Waals surface area contributed by atoms with E-state index < -0.39 is 0 Å². The van der Waals surface area contributed by atoms with Gasteiger partial charge in [0, 0.05) is 17.6 Å². The average molecular weight is 210 g/mol. The summed E-state index contributed by atoms with van der Waals surface area (Å²) >= 11 is 0.